The molecule has 5 heteroatoms. The number of aliphatic hydroxyl groups is 1. The number of pyridine rings is 1. The SMILES string of the molecule is CCCN(CCC)C[C@@H](O)c1cc(-c2ccccc2)nc2c(Cl)cc(Cl)cc12. The lowest BCUT2D eigenvalue weighted by molar-refractivity contribution is 0.114. The Balaban J connectivity index is 2.10. The highest BCUT2D eigenvalue weighted by Crippen LogP contribution is 2.34. The lowest BCUT2D eigenvalue weighted by atomic mass is 9.99. The monoisotopic (exact) mass is 416 g/mol. The van der Waals surface area contributed by atoms with Gasteiger partial charge in [-0.25, -0.2) is 4.98 Å². The fraction of sp³-hybridized carbons (Fsp3) is 0.348. The fourth-order valence-corrected chi connectivity index (χ4v) is 4.12. The highest BCUT2D eigenvalue weighted by Gasteiger charge is 2.19. The predicted octanol–water partition coefficient (Wildman–Crippen LogP) is 6.36. The van der Waals surface area contributed by atoms with Crippen LogP contribution in [0.25, 0.3) is 22.2 Å². The molecule has 0 spiro atoms. The maximum atomic E-state index is 11.1. The van der Waals surface area contributed by atoms with Gasteiger partial charge in [-0.15, -0.1) is 0 Å². The van der Waals surface area contributed by atoms with Crippen LogP contribution in [0.3, 0.4) is 0 Å². The van der Waals surface area contributed by atoms with E-state index in [-0.39, 0.29) is 0 Å². The summed E-state index contributed by atoms with van der Waals surface area (Å²) in [6.45, 7) is 6.80. The summed E-state index contributed by atoms with van der Waals surface area (Å²) in [6.07, 6.45) is 1.45. The topological polar surface area (TPSA) is 36.4 Å². The van der Waals surface area contributed by atoms with Gasteiger partial charge in [0.25, 0.3) is 0 Å². The first kappa shape index (κ1) is 21.1. The molecule has 148 valence electrons. The molecule has 0 fully saturated rings. The number of rotatable bonds is 8. The van der Waals surface area contributed by atoms with Gasteiger partial charge >= 0.3 is 0 Å². The summed E-state index contributed by atoms with van der Waals surface area (Å²) in [5.74, 6) is 0. The van der Waals surface area contributed by atoms with Crippen LogP contribution in [0.2, 0.25) is 10.0 Å². The minimum absolute atomic E-state index is 0.493. The molecule has 0 unspecified atom stereocenters. The van der Waals surface area contributed by atoms with E-state index in [4.69, 9.17) is 28.2 Å². The van der Waals surface area contributed by atoms with E-state index >= 15 is 0 Å². The number of benzene rings is 2. The van der Waals surface area contributed by atoms with Gasteiger partial charge in [0, 0.05) is 22.5 Å². The van der Waals surface area contributed by atoms with Crippen molar-refractivity contribution < 1.29 is 5.11 Å². The first-order valence-electron chi connectivity index (χ1n) is 9.79. The van der Waals surface area contributed by atoms with E-state index in [2.05, 4.69) is 18.7 Å². The summed E-state index contributed by atoms with van der Waals surface area (Å²) in [5.41, 5.74) is 3.26. The minimum atomic E-state index is -0.652. The second kappa shape index (κ2) is 9.71. The van der Waals surface area contributed by atoms with E-state index in [9.17, 15) is 5.11 Å². The smallest absolute Gasteiger partial charge is 0.0924 e. The molecule has 0 radical (unpaired) electrons. The van der Waals surface area contributed by atoms with Crippen LogP contribution in [-0.2, 0) is 0 Å². The Bertz CT molecular complexity index is 925. The van der Waals surface area contributed by atoms with Gasteiger partial charge in [0.15, 0.2) is 0 Å². The summed E-state index contributed by atoms with van der Waals surface area (Å²) >= 11 is 12.7. The van der Waals surface area contributed by atoms with Crippen LogP contribution in [0.4, 0.5) is 0 Å². The van der Waals surface area contributed by atoms with Crippen LogP contribution < -0.4 is 0 Å². The normalized spacial score (nSPS) is 12.6. The highest BCUT2D eigenvalue weighted by atomic mass is 35.5. The van der Waals surface area contributed by atoms with Crippen LogP contribution in [0, 0.1) is 0 Å². The fourth-order valence-electron chi connectivity index (χ4n) is 3.58. The predicted molar refractivity (Wildman–Crippen MR) is 119 cm³/mol. The van der Waals surface area contributed by atoms with E-state index in [0.29, 0.717) is 22.1 Å². The average molecular weight is 417 g/mol. The van der Waals surface area contributed by atoms with Gasteiger partial charge in [-0.1, -0.05) is 67.4 Å². The number of aromatic nitrogens is 1. The molecule has 0 aliphatic rings. The van der Waals surface area contributed by atoms with Crippen molar-refractivity contribution >= 4 is 34.1 Å². The molecule has 0 saturated heterocycles. The van der Waals surface area contributed by atoms with Crippen molar-refractivity contribution in [3.63, 3.8) is 0 Å². The number of nitrogens with zero attached hydrogens (tertiary/aromatic N) is 2. The quantitative estimate of drug-likeness (QED) is 0.463. The molecule has 0 aliphatic heterocycles. The Hall–Kier alpha value is -1.65. The molecule has 0 amide bonds. The number of hydrogen-bond donors (Lipinski definition) is 1. The molecular weight excluding hydrogens is 391 g/mol. The van der Waals surface area contributed by atoms with Crippen molar-refractivity contribution in [3.05, 3.63) is 64.1 Å². The molecule has 1 atom stereocenters. The molecule has 1 N–H and O–H groups in total. The standard InChI is InChI=1S/C23H26Cl2N2O/c1-3-10-27(11-4-2)15-22(28)18-14-21(16-8-6-5-7-9-16)26-23-19(18)12-17(24)13-20(23)25/h5-9,12-14,22,28H,3-4,10-11,15H2,1-2H3/t22-/m1/s1. The molecule has 2 aromatic carbocycles. The zero-order chi connectivity index (χ0) is 20.1. The van der Waals surface area contributed by atoms with E-state index in [1.807, 2.05) is 42.5 Å². The van der Waals surface area contributed by atoms with E-state index in [0.717, 1.165) is 48.1 Å². The second-order valence-electron chi connectivity index (χ2n) is 7.06. The summed E-state index contributed by atoms with van der Waals surface area (Å²) in [4.78, 5) is 7.06. The van der Waals surface area contributed by atoms with Crippen molar-refractivity contribution in [2.75, 3.05) is 19.6 Å². The van der Waals surface area contributed by atoms with Gasteiger partial charge in [0.2, 0.25) is 0 Å². The van der Waals surface area contributed by atoms with Gasteiger partial charge in [0.05, 0.1) is 22.3 Å². The summed E-state index contributed by atoms with van der Waals surface area (Å²) < 4.78 is 0. The highest BCUT2D eigenvalue weighted by molar-refractivity contribution is 6.38. The zero-order valence-electron chi connectivity index (χ0n) is 16.3. The van der Waals surface area contributed by atoms with Crippen LogP contribution in [0.15, 0.2) is 48.5 Å². The molecule has 28 heavy (non-hydrogen) atoms. The maximum absolute atomic E-state index is 11.1. The van der Waals surface area contributed by atoms with Gasteiger partial charge < -0.3 is 10.0 Å². The third-order valence-electron chi connectivity index (χ3n) is 4.80. The number of hydrogen-bond acceptors (Lipinski definition) is 3. The lowest BCUT2D eigenvalue weighted by Gasteiger charge is -2.25. The van der Waals surface area contributed by atoms with Crippen LogP contribution in [-0.4, -0.2) is 34.6 Å². The molecule has 0 bridgehead atoms. The number of fused-ring (bicyclic) bond motifs is 1. The zero-order valence-corrected chi connectivity index (χ0v) is 17.8. The van der Waals surface area contributed by atoms with Gasteiger partial charge in [-0.05, 0) is 49.7 Å². The molecule has 0 aliphatic carbocycles. The summed E-state index contributed by atoms with van der Waals surface area (Å²) in [7, 11) is 0. The molecule has 0 saturated carbocycles. The molecule has 3 rings (SSSR count). The molecule has 1 aromatic heterocycles. The Kier molecular flexibility index (Phi) is 7.30. The van der Waals surface area contributed by atoms with Crippen LogP contribution in [0.5, 0.6) is 0 Å². The van der Waals surface area contributed by atoms with Crippen LogP contribution >= 0.6 is 23.2 Å². The molecule has 3 nitrogen and oxygen atoms in total. The Labute approximate surface area is 176 Å². The van der Waals surface area contributed by atoms with Crippen molar-refractivity contribution in [2.24, 2.45) is 0 Å². The molecule has 1 heterocycles. The first-order chi connectivity index (χ1) is 13.5. The molecular formula is C23H26Cl2N2O. The van der Waals surface area contributed by atoms with Gasteiger partial charge in [-0.2, -0.15) is 0 Å². The van der Waals surface area contributed by atoms with Crippen LogP contribution in [0.1, 0.15) is 38.4 Å². The van der Waals surface area contributed by atoms with Crippen molar-refractivity contribution in [3.8, 4) is 11.3 Å². The maximum Gasteiger partial charge on any atom is 0.0924 e. The average Bonchev–Trinajstić information content (AvgIpc) is 2.68. The Morgan fingerprint density at radius 1 is 1.00 bits per heavy atom. The van der Waals surface area contributed by atoms with Gasteiger partial charge in [0.1, 0.15) is 0 Å². The summed E-state index contributed by atoms with van der Waals surface area (Å²) in [6, 6.07) is 15.4. The van der Waals surface area contributed by atoms with E-state index in [1.165, 1.54) is 0 Å². The third-order valence-corrected chi connectivity index (χ3v) is 5.31. The molecule has 3 aromatic rings. The largest absolute Gasteiger partial charge is 0.387 e. The van der Waals surface area contributed by atoms with Crippen molar-refractivity contribution in [1.82, 2.24) is 9.88 Å². The second-order valence-corrected chi connectivity index (χ2v) is 7.91. The van der Waals surface area contributed by atoms with E-state index < -0.39 is 6.10 Å². The minimum Gasteiger partial charge on any atom is -0.387 e. The first-order valence-corrected chi connectivity index (χ1v) is 10.5. The number of aliphatic hydroxyl groups excluding tert-OH is 1. The lowest BCUT2D eigenvalue weighted by Crippen LogP contribution is -2.30. The van der Waals surface area contributed by atoms with Crippen molar-refractivity contribution in [1.29, 1.82) is 0 Å². The number of halogens is 2. The van der Waals surface area contributed by atoms with Gasteiger partial charge in [-0.3, -0.25) is 0 Å². The van der Waals surface area contributed by atoms with E-state index in [1.54, 1.807) is 6.07 Å². The summed E-state index contributed by atoms with van der Waals surface area (Å²) in [5, 5.41) is 13.0. The third kappa shape index (κ3) is 4.84. The Morgan fingerprint density at radius 2 is 1.68 bits per heavy atom. The Morgan fingerprint density at radius 3 is 2.32 bits per heavy atom. The van der Waals surface area contributed by atoms with Crippen molar-refractivity contribution in [2.45, 2.75) is 32.8 Å².